The molecule has 0 aliphatic rings. The number of benzene rings is 2. The summed E-state index contributed by atoms with van der Waals surface area (Å²) in [4.78, 5) is 16.9. The van der Waals surface area contributed by atoms with Crippen LogP contribution in [0.4, 0.5) is 5.69 Å². The van der Waals surface area contributed by atoms with Gasteiger partial charge in [-0.25, -0.2) is 4.98 Å². The maximum atomic E-state index is 12.5. The highest BCUT2D eigenvalue weighted by molar-refractivity contribution is 6.05. The summed E-state index contributed by atoms with van der Waals surface area (Å²) in [6.07, 6.45) is 0. The Morgan fingerprint density at radius 1 is 1.08 bits per heavy atom. The van der Waals surface area contributed by atoms with Crippen molar-refractivity contribution >= 4 is 22.6 Å². The van der Waals surface area contributed by atoms with Gasteiger partial charge in [0.1, 0.15) is 5.82 Å². The largest absolute Gasteiger partial charge is 0.493 e. The summed E-state index contributed by atoms with van der Waals surface area (Å²) in [7, 11) is 5.06. The number of hydrogen-bond donors (Lipinski definition) is 1. The molecule has 0 unspecified atom stereocenters. The van der Waals surface area contributed by atoms with Crippen LogP contribution in [0.25, 0.3) is 11.0 Å². The molecule has 0 aliphatic carbocycles. The van der Waals surface area contributed by atoms with Crippen molar-refractivity contribution in [2.45, 2.75) is 6.92 Å². The van der Waals surface area contributed by atoms with Gasteiger partial charge in [0.25, 0.3) is 5.91 Å². The molecule has 1 aromatic heterocycles. The first-order chi connectivity index (χ1) is 11.5. The van der Waals surface area contributed by atoms with E-state index in [1.807, 2.05) is 36.7 Å². The number of aromatic nitrogens is 2. The number of nitrogens with zero attached hydrogens (tertiary/aromatic N) is 2. The molecule has 6 nitrogen and oxygen atoms in total. The van der Waals surface area contributed by atoms with Crippen LogP contribution in [0.5, 0.6) is 11.5 Å². The minimum Gasteiger partial charge on any atom is -0.493 e. The predicted molar refractivity (Wildman–Crippen MR) is 93.0 cm³/mol. The molecule has 1 heterocycles. The number of amides is 1. The summed E-state index contributed by atoms with van der Waals surface area (Å²) in [5, 5.41) is 2.88. The maximum absolute atomic E-state index is 12.5. The van der Waals surface area contributed by atoms with Gasteiger partial charge in [-0.3, -0.25) is 4.79 Å². The predicted octanol–water partition coefficient (Wildman–Crippen LogP) is 3.15. The highest BCUT2D eigenvalue weighted by atomic mass is 16.5. The third kappa shape index (κ3) is 2.78. The molecule has 2 aromatic carbocycles. The number of nitrogens with one attached hydrogen (secondary N) is 1. The van der Waals surface area contributed by atoms with Crippen molar-refractivity contribution < 1.29 is 14.3 Å². The Balaban J connectivity index is 1.86. The van der Waals surface area contributed by atoms with Gasteiger partial charge in [0.15, 0.2) is 11.5 Å². The quantitative estimate of drug-likeness (QED) is 0.800. The normalized spacial score (nSPS) is 10.7. The molecule has 0 aliphatic heterocycles. The van der Waals surface area contributed by atoms with Crippen LogP contribution < -0.4 is 14.8 Å². The number of fused-ring (bicyclic) bond motifs is 1. The number of anilines is 1. The zero-order valence-corrected chi connectivity index (χ0v) is 14.1. The van der Waals surface area contributed by atoms with Crippen LogP contribution in [0, 0.1) is 6.92 Å². The van der Waals surface area contributed by atoms with E-state index in [1.54, 1.807) is 25.3 Å². The Kier molecular flexibility index (Phi) is 4.12. The molecule has 6 heteroatoms. The fourth-order valence-electron chi connectivity index (χ4n) is 2.58. The molecule has 0 fully saturated rings. The molecule has 0 radical (unpaired) electrons. The van der Waals surface area contributed by atoms with E-state index in [9.17, 15) is 4.79 Å². The van der Waals surface area contributed by atoms with Gasteiger partial charge < -0.3 is 19.4 Å². The highest BCUT2D eigenvalue weighted by Gasteiger charge is 2.12. The van der Waals surface area contributed by atoms with Gasteiger partial charge in [0, 0.05) is 18.3 Å². The Labute approximate surface area is 140 Å². The summed E-state index contributed by atoms with van der Waals surface area (Å²) in [5.41, 5.74) is 3.06. The molecule has 124 valence electrons. The lowest BCUT2D eigenvalue weighted by Gasteiger charge is -2.10. The molecular formula is C18H19N3O3. The van der Waals surface area contributed by atoms with Gasteiger partial charge in [-0.1, -0.05) is 0 Å². The number of methoxy groups -OCH3 is 2. The van der Waals surface area contributed by atoms with Crippen LogP contribution in [0.3, 0.4) is 0 Å². The number of rotatable bonds is 4. The molecule has 0 spiro atoms. The smallest absolute Gasteiger partial charge is 0.255 e. The lowest BCUT2D eigenvalue weighted by Crippen LogP contribution is -2.12. The first-order valence-electron chi connectivity index (χ1n) is 7.50. The van der Waals surface area contributed by atoms with Gasteiger partial charge in [-0.05, 0) is 43.3 Å². The number of ether oxygens (including phenoxy) is 2. The fraction of sp³-hybridized carbons (Fsp3) is 0.222. The second-order valence-corrected chi connectivity index (χ2v) is 5.45. The van der Waals surface area contributed by atoms with Crippen LogP contribution in [-0.2, 0) is 7.05 Å². The third-order valence-electron chi connectivity index (χ3n) is 4.01. The molecular weight excluding hydrogens is 306 g/mol. The van der Waals surface area contributed by atoms with Crippen molar-refractivity contribution in [1.82, 2.24) is 9.55 Å². The van der Waals surface area contributed by atoms with E-state index < -0.39 is 0 Å². The molecule has 3 rings (SSSR count). The highest BCUT2D eigenvalue weighted by Crippen LogP contribution is 2.28. The van der Waals surface area contributed by atoms with E-state index >= 15 is 0 Å². The molecule has 0 bridgehead atoms. The van der Waals surface area contributed by atoms with Gasteiger partial charge in [0.2, 0.25) is 0 Å². The van der Waals surface area contributed by atoms with E-state index in [0.717, 1.165) is 16.9 Å². The molecule has 0 saturated heterocycles. The summed E-state index contributed by atoms with van der Waals surface area (Å²) in [6.45, 7) is 1.95. The molecule has 3 aromatic rings. The number of carbonyl (C=O) groups is 1. The van der Waals surface area contributed by atoms with Crippen LogP contribution in [0.15, 0.2) is 36.4 Å². The summed E-state index contributed by atoms with van der Waals surface area (Å²) >= 11 is 0. The second-order valence-electron chi connectivity index (χ2n) is 5.45. The summed E-state index contributed by atoms with van der Waals surface area (Å²) in [6, 6.07) is 10.7. The van der Waals surface area contributed by atoms with Crippen molar-refractivity contribution in [3.05, 3.63) is 47.8 Å². The Hall–Kier alpha value is -3.02. The van der Waals surface area contributed by atoms with Crippen LogP contribution in [-0.4, -0.2) is 29.7 Å². The Morgan fingerprint density at radius 2 is 1.83 bits per heavy atom. The summed E-state index contributed by atoms with van der Waals surface area (Å²) < 4.78 is 12.4. The Bertz CT molecular complexity index is 915. The number of hydrogen-bond acceptors (Lipinski definition) is 4. The molecule has 0 atom stereocenters. The summed E-state index contributed by atoms with van der Waals surface area (Å²) in [5.74, 6) is 1.80. The molecule has 0 saturated carbocycles. The van der Waals surface area contributed by atoms with Crippen molar-refractivity contribution in [2.75, 3.05) is 19.5 Å². The van der Waals surface area contributed by atoms with Gasteiger partial charge in [0.05, 0.1) is 25.3 Å². The standard InChI is InChI=1S/C18H19N3O3/c1-11-19-14-10-13(6-7-15(14)21(11)2)20-18(22)12-5-8-16(23-3)17(9-12)24-4/h5-10H,1-4H3,(H,20,22). The van der Waals surface area contributed by atoms with E-state index in [2.05, 4.69) is 10.3 Å². The minimum absolute atomic E-state index is 0.219. The van der Waals surface area contributed by atoms with Gasteiger partial charge in [-0.15, -0.1) is 0 Å². The Morgan fingerprint density at radius 3 is 2.54 bits per heavy atom. The first kappa shape index (κ1) is 15.9. The molecule has 1 amide bonds. The van der Waals surface area contributed by atoms with Crippen molar-refractivity contribution in [3.8, 4) is 11.5 Å². The molecule has 24 heavy (non-hydrogen) atoms. The van der Waals surface area contributed by atoms with E-state index in [-0.39, 0.29) is 5.91 Å². The number of aryl methyl sites for hydroxylation is 2. The van der Waals surface area contributed by atoms with Gasteiger partial charge in [-0.2, -0.15) is 0 Å². The van der Waals surface area contributed by atoms with Crippen molar-refractivity contribution in [1.29, 1.82) is 0 Å². The van der Waals surface area contributed by atoms with Crippen LogP contribution in [0.2, 0.25) is 0 Å². The number of carbonyl (C=O) groups excluding carboxylic acids is 1. The van der Waals surface area contributed by atoms with E-state index in [0.29, 0.717) is 22.7 Å². The van der Waals surface area contributed by atoms with Crippen LogP contribution in [0.1, 0.15) is 16.2 Å². The maximum Gasteiger partial charge on any atom is 0.255 e. The fourth-order valence-corrected chi connectivity index (χ4v) is 2.58. The van der Waals surface area contributed by atoms with Crippen LogP contribution >= 0.6 is 0 Å². The second kappa shape index (κ2) is 6.23. The zero-order valence-electron chi connectivity index (χ0n) is 14.1. The lowest BCUT2D eigenvalue weighted by atomic mass is 10.1. The lowest BCUT2D eigenvalue weighted by molar-refractivity contribution is 0.102. The SMILES string of the molecule is COc1ccc(C(=O)Nc2ccc3c(c2)nc(C)n3C)cc1OC. The third-order valence-corrected chi connectivity index (χ3v) is 4.01. The number of imidazole rings is 1. The zero-order chi connectivity index (χ0) is 17.3. The van der Waals surface area contributed by atoms with Crippen molar-refractivity contribution in [3.63, 3.8) is 0 Å². The van der Waals surface area contributed by atoms with Gasteiger partial charge >= 0.3 is 0 Å². The average Bonchev–Trinajstić information content (AvgIpc) is 2.88. The topological polar surface area (TPSA) is 65.4 Å². The minimum atomic E-state index is -0.219. The molecule has 1 N–H and O–H groups in total. The van der Waals surface area contributed by atoms with E-state index in [4.69, 9.17) is 9.47 Å². The monoisotopic (exact) mass is 325 g/mol. The van der Waals surface area contributed by atoms with E-state index in [1.165, 1.54) is 7.11 Å². The average molecular weight is 325 g/mol. The first-order valence-corrected chi connectivity index (χ1v) is 7.50. The van der Waals surface area contributed by atoms with Crippen molar-refractivity contribution in [2.24, 2.45) is 7.05 Å².